The van der Waals surface area contributed by atoms with E-state index in [1.165, 1.54) is 10.8 Å². The van der Waals surface area contributed by atoms with Crippen LogP contribution in [0.5, 0.6) is 0 Å². The fraction of sp³-hybridized carbons (Fsp3) is 0.421. The number of hydrogen-bond donors (Lipinski definition) is 2. The molecule has 0 fully saturated rings. The highest BCUT2D eigenvalue weighted by molar-refractivity contribution is 6.30. The molecule has 6 nitrogen and oxygen atoms in total. The Balaban J connectivity index is 2.31. The molecule has 1 aromatic carbocycles. The van der Waals surface area contributed by atoms with Crippen LogP contribution < -0.4 is 10.9 Å². The third kappa shape index (κ3) is 4.25. The number of aromatic nitrogens is 2. The van der Waals surface area contributed by atoms with Crippen molar-refractivity contribution in [3.8, 4) is 0 Å². The van der Waals surface area contributed by atoms with Gasteiger partial charge in [-0.15, -0.1) is 0 Å². The van der Waals surface area contributed by atoms with Crippen LogP contribution in [-0.4, -0.2) is 27.2 Å². The second kappa shape index (κ2) is 8.36. The molecular weight excluding hydrogens is 354 g/mol. The molecule has 1 aromatic heterocycles. The molecule has 0 saturated heterocycles. The summed E-state index contributed by atoms with van der Waals surface area (Å²) >= 11 is 6.00. The summed E-state index contributed by atoms with van der Waals surface area (Å²) in [5.74, 6) is -0.901. The minimum absolute atomic E-state index is 0.164. The van der Waals surface area contributed by atoms with Gasteiger partial charge < -0.3 is 10.4 Å². The molecule has 2 aromatic rings. The first-order valence-electron chi connectivity index (χ1n) is 8.61. The lowest BCUT2D eigenvalue weighted by Gasteiger charge is -2.33. The highest BCUT2D eigenvalue weighted by Crippen LogP contribution is 2.32. The summed E-state index contributed by atoms with van der Waals surface area (Å²) in [5, 5.41) is 12.8. The maximum Gasteiger partial charge on any atom is 0.323 e. The third-order valence-corrected chi connectivity index (χ3v) is 5.20. The SMILES string of the molecule is CCC(CC)(CNc1ncc(C)n(CC(=O)O)c1=O)c1ccc(Cl)cc1. The Morgan fingerprint density at radius 1 is 1.27 bits per heavy atom. The fourth-order valence-electron chi connectivity index (χ4n) is 3.09. The number of benzene rings is 1. The molecule has 0 spiro atoms. The number of carboxylic acids is 1. The second-order valence-corrected chi connectivity index (χ2v) is 6.82. The maximum atomic E-state index is 12.6. The van der Waals surface area contributed by atoms with Crippen LogP contribution in [0.3, 0.4) is 0 Å². The minimum atomic E-state index is -1.06. The van der Waals surface area contributed by atoms with Gasteiger partial charge in [-0.1, -0.05) is 37.6 Å². The lowest BCUT2D eigenvalue weighted by Crippen LogP contribution is -2.36. The van der Waals surface area contributed by atoms with E-state index in [4.69, 9.17) is 16.7 Å². The molecule has 140 valence electrons. The molecule has 0 aliphatic heterocycles. The number of carbonyl (C=O) groups is 1. The summed E-state index contributed by atoms with van der Waals surface area (Å²) < 4.78 is 1.21. The minimum Gasteiger partial charge on any atom is -0.480 e. The van der Waals surface area contributed by atoms with Gasteiger partial charge in [0.15, 0.2) is 5.82 Å². The van der Waals surface area contributed by atoms with Gasteiger partial charge in [-0.3, -0.25) is 14.2 Å². The van der Waals surface area contributed by atoms with Crippen molar-refractivity contribution in [2.24, 2.45) is 0 Å². The third-order valence-electron chi connectivity index (χ3n) is 4.95. The number of anilines is 1. The van der Waals surface area contributed by atoms with Crippen molar-refractivity contribution in [3.05, 3.63) is 57.1 Å². The number of carboxylic acid groups (broad SMARTS) is 1. The number of aliphatic carboxylic acids is 1. The Bertz CT molecular complexity index is 827. The fourth-order valence-corrected chi connectivity index (χ4v) is 3.22. The van der Waals surface area contributed by atoms with Crippen molar-refractivity contribution in [2.75, 3.05) is 11.9 Å². The summed E-state index contributed by atoms with van der Waals surface area (Å²) in [6.07, 6.45) is 3.25. The van der Waals surface area contributed by atoms with Crippen LogP contribution in [0.25, 0.3) is 0 Å². The van der Waals surface area contributed by atoms with Crippen LogP contribution in [0, 0.1) is 6.92 Å². The van der Waals surface area contributed by atoms with Crippen molar-refractivity contribution in [1.82, 2.24) is 9.55 Å². The van der Waals surface area contributed by atoms with Gasteiger partial charge in [-0.05, 0) is 37.5 Å². The number of hydrogen-bond acceptors (Lipinski definition) is 4. The van der Waals surface area contributed by atoms with Crippen LogP contribution >= 0.6 is 11.6 Å². The Morgan fingerprint density at radius 2 is 1.88 bits per heavy atom. The molecule has 0 amide bonds. The van der Waals surface area contributed by atoms with E-state index in [1.807, 2.05) is 24.3 Å². The molecule has 1 heterocycles. The smallest absolute Gasteiger partial charge is 0.323 e. The first-order valence-corrected chi connectivity index (χ1v) is 8.99. The molecule has 0 atom stereocenters. The van der Waals surface area contributed by atoms with Crippen molar-refractivity contribution in [3.63, 3.8) is 0 Å². The van der Waals surface area contributed by atoms with E-state index in [2.05, 4.69) is 24.1 Å². The molecule has 0 radical (unpaired) electrons. The predicted molar refractivity (Wildman–Crippen MR) is 103 cm³/mol. The number of nitrogens with zero attached hydrogens (tertiary/aromatic N) is 2. The van der Waals surface area contributed by atoms with E-state index >= 15 is 0 Å². The Morgan fingerprint density at radius 3 is 2.42 bits per heavy atom. The molecule has 0 bridgehead atoms. The predicted octanol–water partition coefficient (Wildman–Crippen LogP) is 3.46. The number of aryl methyl sites for hydroxylation is 1. The maximum absolute atomic E-state index is 12.6. The number of halogens is 1. The Kier molecular flexibility index (Phi) is 6.42. The Hall–Kier alpha value is -2.34. The quantitative estimate of drug-likeness (QED) is 0.735. The van der Waals surface area contributed by atoms with Gasteiger partial charge in [0.25, 0.3) is 5.56 Å². The summed E-state index contributed by atoms with van der Waals surface area (Å²) in [6.45, 7) is 6.00. The average molecular weight is 378 g/mol. The molecule has 0 unspecified atom stereocenters. The van der Waals surface area contributed by atoms with E-state index in [0.717, 1.165) is 18.4 Å². The van der Waals surface area contributed by atoms with E-state index in [0.29, 0.717) is 17.3 Å². The van der Waals surface area contributed by atoms with Crippen molar-refractivity contribution in [1.29, 1.82) is 0 Å². The number of rotatable bonds is 8. The summed E-state index contributed by atoms with van der Waals surface area (Å²) in [7, 11) is 0. The van der Waals surface area contributed by atoms with E-state index in [-0.39, 0.29) is 17.8 Å². The highest BCUT2D eigenvalue weighted by Gasteiger charge is 2.29. The van der Waals surface area contributed by atoms with E-state index < -0.39 is 11.5 Å². The van der Waals surface area contributed by atoms with Crippen LogP contribution in [0.2, 0.25) is 5.02 Å². The van der Waals surface area contributed by atoms with Gasteiger partial charge >= 0.3 is 5.97 Å². The highest BCUT2D eigenvalue weighted by atomic mass is 35.5. The zero-order chi connectivity index (χ0) is 19.3. The summed E-state index contributed by atoms with van der Waals surface area (Å²) in [5.41, 5.74) is 1.04. The normalized spacial score (nSPS) is 11.4. The van der Waals surface area contributed by atoms with Crippen molar-refractivity contribution < 1.29 is 9.90 Å². The second-order valence-electron chi connectivity index (χ2n) is 6.38. The zero-order valence-corrected chi connectivity index (χ0v) is 16.0. The van der Waals surface area contributed by atoms with Crippen molar-refractivity contribution >= 4 is 23.4 Å². The molecule has 0 aliphatic carbocycles. The first-order chi connectivity index (χ1) is 12.3. The molecule has 7 heteroatoms. The molecular formula is C19H24ClN3O3. The number of nitrogens with one attached hydrogen (secondary N) is 1. The van der Waals surface area contributed by atoms with Crippen LogP contribution in [0.1, 0.15) is 37.9 Å². The van der Waals surface area contributed by atoms with Gasteiger partial charge in [-0.25, -0.2) is 4.98 Å². The van der Waals surface area contributed by atoms with E-state index in [1.54, 1.807) is 6.92 Å². The summed E-state index contributed by atoms with van der Waals surface area (Å²) in [4.78, 5) is 27.7. The van der Waals surface area contributed by atoms with Gasteiger partial charge in [0.2, 0.25) is 0 Å². The monoisotopic (exact) mass is 377 g/mol. The average Bonchev–Trinajstić information content (AvgIpc) is 2.62. The van der Waals surface area contributed by atoms with Crippen LogP contribution in [0.4, 0.5) is 5.82 Å². The first kappa shape index (κ1) is 20.0. The lowest BCUT2D eigenvalue weighted by atomic mass is 9.76. The topological polar surface area (TPSA) is 84.2 Å². The Labute approximate surface area is 157 Å². The lowest BCUT2D eigenvalue weighted by molar-refractivity contribution is -0.137. The van der Waals surface area contributed by atoms with Gasteiger partial charge in [0.1, 0.15) is 6.54 Å². The van der Waals surface area contributed by atoms with Crippen LogP contribution in [-0.2, 0) is 16.8 Å². The van der Waals surface area contributed by atoms with Gasteiger partial charge in [0.05, 0.1) is 0 Å². The molecule has 0 saturated carbocycles. The molecule has 2 rings (SSSR count). The zero-order valence-electron chi connectivity index (χ0n) is 15.3. The molecule has 2 N–H and O–H groups in total. The van der Waals surface area contributed by atoms with Crippen LogP contribution in [0.15, 0.2) is 35.3 Å². The van der Waals surface area contributed by atoms with Gasteiger partial charge in [0, 0.05) is 28.9 Å². The van der Waals surface area contributed by atoms with E-state index in [9.17, 15) is 9.59 Å². The molecule has 26 heavy (non-hydrogen) atoms. The summed E-state index contributed by atoms with van der Waals surface area (Å²) in [6, 6.07) is 7.73. The van der Waals surface area contributed by atoms with Gasteiger partial charge in [-0.2, -0.15) is 0 Å². The standard InChI is InChI=1S/C19H24ClN3O3/c1-4-19(5-2,14-6-8-15(20)9-7-14)12-22-17-18(26)23(11-16(24)25)13(3)10-21-17/h6-10H,4-5,11-12H2,1-3H3,(H,21,22)(H,24,25). The largest absolute Gasteiger partial charge is 0.480 e. The molecule has 0 aliphatic rings. The van der Waals surface area contributed by atoms with Crippen molar-refractivity contribution in [2.45, 2.75) is 45.6 Å².